The molecule has 0 aromatic carbocycles. The predicted octanol–water partition coefficient (Wildman–Crippen LogP) is 1.66. The summed E-state index contributed by atoms with van der Waals surface area (Å²) in [4.78, 5) is 20.5. The van der Waals surface area contributed by atoms with Crippen molar-refractivity contribution < 1.29 is 4.79 Å². The van der Waals surface area contributed by atoms with Gasteiger partial charge in [0.15, 0.2) is 0 Å². The van der Waals surface area contributed by atoms with Crippen molar-refractivity contribution in [2.24, 2.45) is 0 Å². The molecule has 1 atom stereocenters. The van der Waals surface area contributed by atoms with Crippen molar-refractivity contribution >= 4 is 23.4 Å². The van der Waals surface area contributed by atoms with E-state index >= 15 is 0 Å². The van der Waals surface area contributed by atoms with Crippen molar-refractivity contribution in [3.63, 3.8) is 0 Å². The first-order valence-electron chi connectivity index (χ1n) is 6.87. The fraction of sp³-hybridized carbons (Fsp3) is 0.538. The molecular weight excluding hydrogens is 274 g/mol. The van der Waals surface area contributed by atoms with E-state index in [1.54, 1.807) is 23.0 Å². The molecule has 2 aromatic heterocycles. The maximum absolute atomic E-state index is 12.1. The molecule has 0 aliphatic heterocycles. The molecule has 2 aromatic rings. The summed E-state index contributed by atoms with van der Waals surface area (Å²) in [5.41, 5.74) is 0. The lowest BCUT2D eigenvalue weighted by molar-refractivity contribution is -0.120. The quantitative estimate of drug-likeness (QED) is 0.867. The van der Waals surface area contributed by atoms with Crippen LogP contribution < -0.4 is 5.32 Å². The molecule has 1 N–H and O–H groups in total. The standard InChI is InChI=1S/C13H17N5OS/c1-9(11(19)15-10-5-2-3-6-10)20-13-16-12-14-7-4-8-18(12)17-13/h4,7-10H,2-3,5-6H2,1H3,(H,15,19). The molecule has 0 saturated heterocycles. The number of fused-ring (bicyclic) bond motifs is 1. The second kappa shape index (κ2) is 5.78. The minimum Gasteiger partial charge on any atom is -0.352 e. The van der Waals surface area contributed by atoms with E-state index in [1.165, 1.54) is 24.6 Å². The van der Waals surface area contributed by atoms with Crippen LogP contribution in [0.1, 0.15) is 32.6 Å². The topological polar surface area (TPSA) is 72.2 Å². The molecule has 1 aliphatic carbocycles. The van der Waals surface area contributed by atoms with Crippen molar-refractivity contribution in [2.45, 2.75) is 49.1 Å². The Kier molecular flexibility index (Phi) is 3.86. The lowest BCUT2D eigenvalue weighted by Crippen LogP contribution is -2.37. The molecule has 3 rings (SSSR count). The van der Waals surface area contributed by atoms with Crippen LogP contribution in [0.4, 0.5) is 0 Å². The molecule has 0 bridgehead atoms. The molecule has 0 spiro atoms. The smallest absolute Gasteiger partial charge is 0.253 e. The summed E-state index contributed by atoms with van der Waals surface area (Å²) < 4.78 is 1.62. The van der Waals surface area contributed by atoms with Crippen LogP contribution in [0.5, 0.6) is 0 Å². The summed E-state index contributed by atoms with van der Waals surface area (Å²) >= 11 is 1.37. The van der Waals surface area contributed by atoms with Gasteiger partial charge in [0.25, 0.3) is 5.78 Å². The molecule has 0 radical (unpaired) electrons. The average Bonchev–Trinajstić information content (AvgIpc) is 3.06. The van der Waals surface area contributed by atoms with E-state index in [0.717, 1.165) is 12.8 Å². The highest BCUT2D eigenvalue weighted by Crippen LogP contribution is 2.22. The number of carbonyl (C=O) groups is 1. The normalized spacial score (nSPS) is 17.4. The summed E-state index contributed by atoms with van der Waals surface area (Å²) in [7, 11) is 0. The van der Waals surface area contributed by atoms with Gasteiger partial charge in [0.05, 0.1) is 5.25 Å². The third kappa shape index (κ3) is 2.92. The maximum atomic E-state index is 12.1. The number of nitrogens with one attached hydrogen (secondary N) is 1. The highest BCUT2D eigenvalue weighted by atomic mass is 32.2. The lowest BCUT2D eigenvalue weighted by Gasteiger charge is -2.15. The summed E-state index contributed by atoms with van der Waals surface area (Å²) in [6.45, 7) is 1.88. The Morgan fingerprint density at radius 2 is 2.30 bits per heavy atom. The van der Waals surface area contributed by atoms with E-state index in [-0.39, 0.29) is 11.2 Å². The monoisotopic (exact) mass is 291 g/mol. The third-order valence-electron chi connectivity index (χ3n) is 3.45. The van der Waals surface area contributed by atoms with E-state index in [1.807, 2.05) is 6.92 Å². The van der Waals surface area contributed by atoms with Crippen LogP contribution in [0.25, 0.3) is 5.78 Å². The fourth-order valence-electron chi connectivity index (χ4n) is 2.36. The Morgan fingerprint density at radius 1 is 1.50 bits per heavy atom. The zero-order valence-corrected chi connectivity index (χ0v) is 12.1. The van der Waals surface area contributed by atoms with Crippen molar-refractivity contribution in [1.29, 1.82) is 0 Å². The fourth-order valence-corrected chi connectivity index (χ4v) is 3.12. The van der Waals surface area contributed by atoms with Crippen molar-refractivity contribution in [1.82, 2.24) is 24.9 Å². The first-order valence-corrected chi connectivity index (χ1v) is 7.75. The molecule has 20 heavy (non-hydrogen) atoms. The first kappa shape index (κ1) is 13.4. The molecule has 2 heterocycles. The number of thioether (sulfide) groups is 1. The van der Waals surface area contributed by atoms with Crippen LogP contribution in [-0.4, -0.2) is 36.8 Å². The highest BCUT2D eigenvalue weighted by molar-refractivity contribution is 8.00. The molecule has 6 nitrogen and oxygen atoms in total. The minimum absolute atomic E-state index is 0.0636. The Labute approximate surface area is 121 Å². The van der Waals surface area contributed by atoms with E-state index in [9.17, 15) is 4.79 Å². The highest BCUT2D eigenvalue weighted by Gasteiger charge is 2.22. The number of nitrogens with zero attached hydrogens (tertiary/aromatic N) is 4. The van der Waals surface area contributed by atoms with Gasteiger partial charge in [-0.2, -0.15) is 4.98 Å². The first-order chi connectivity index (χ1) is 9.72. The van der Waals surface area contributed by atoms with Gasteiger partial charge in [0.2, 0.25) is 11.1 Å². The number of amides is 1. The zero-order chi connectivity index (χ0) is 13.9. The van der Waals surface area contributed by atoms with Gasteiger partial charge in [-0.05, 0) is 25.8 Å². The SMILES string of the molecule is CC(Sc1nc2ncccn2n1)C(=O)NC1CCCC1. The second-order valence-electron chi connectivity index (χ2n) is 5.01. The summed E-state index contributed by atoms with van der Waals surface area (Å²) in [6, 6.07) is 2.15. The minimum atomic E-state index is -0.201. The Bertz CT molecular complexity index is 575. The summed E-state index contributed by atoms with van der Waals surface area (Å²) in [6.07, 6.45) is 8.09. The Morgan fingerprint density at radius 3 is 3.05 bits per heavy atom. The van der Waals surface area contributed by atoms with E-state index < -0.39 is 0 Å². The van der Waals surface area contributed by atoms with Crippen molar-refractivity contribution in [2.75, 3.05) is 0 Å². The zero-order valence-electron chi connectivity index (χ0n) is 11.3. The molecular formula is C13H17N5OS. The van der Waals surface area contributed by atoms with Gasteiger partial charge in [0, 0.05) is 18.4 Å². The van der Waals surface area contributed by atoms with Crippen molar-refractivity contribution in [3.05, 3.63) is 18.5 Å². The number of hydrogen-bond donors (Lipinski definition) is 1. The van der Waals surface area contributed by atoms with Crippen LogP contribution >= 0.6 is 11.8 Å². The summed E-state index contributed by atoms with van der Waals surface area (Å²) in [5.74, 6) is 0.618. The molecule has 1 amide bonds. The number of carbonyl (C=O) groups excluding carboxylic acids is 1. The van der Waals surface area contributed by atoms with Gasteiger partial charge in [-0.15, -0.1) is 5.10 Å². The maximum Gasteiger partial charge on any atom is 0.253 e. The van der Waals surface area contributed by atoms with Crippen molar-refractivity contribution in [3.8, 4) is 0 Å². The van der Waals surface area contributed by atoms with Gasteiger partial charge in [0.1, 0.15) is 0 Å². The van der Waals surface area contributed by atoms with Crippen LogP contribution in [0.15, 0.2) is 23.6 Å². The molecule has 7 heteroatoms. The van der Waals surface area contributed by atoms with Crippen LogP contribution in [0.3, 0.4) is 0 Å². The average molecular weight is 291 g/mol. The number of hydrogen-bond acceptors (Lipinski definition) is 5. The molecule has 1 aliphatic rings. The Balaban J connectivity index is 1.62. The van der Waals surface area contributed by atoms with Crippen LogP contribution in [0, 0.1) is 0 Å². The molecule has 1 saturated carbocycles. The van der Waals surface area contributed by atoms with E-state index in [2.05, 4.69) is 20.4 Å². The van der Waals surface area contributed by atoms with Gasteiger partial charge in [-0.25, -0.2) is 9.50 Å². The van der Waals surface area contributed by atoms with Gasteiger partial charge in [-0.1, -0.05) is 24.6 Å². The summed E-state index contributed by atoms with van der Waals surface area (Å²) in [5, 5.41) is 7.77. The van der Waals surface area contributed by atoms with Crippen LogP contribution in [0.2, 0.25) is 0 Å². The molecule has 1 fully saturated rings. The van der Waals surface area contributed by atoms with E-state index in [0.29, 0.717) is 17.0 Å². The van der Waals surface area contributed by atoms with Gasteiger partial charge >= 0.3 is 0 Å². The van der Waals surface area contributed by atoms with Gasteiger partial charge < -0.3 is 5.32 Å². The molecule has 106 valence electrons. The Hall–Kier alpha value is -1.63. The number of rotatable bonds is 4. The lowest BCUT2D eigenvalue weighted by atomic mass is 10.2. The largest absolute Gasteiger partial charge is 0.352 e. The van der Waals surface area contributed by atoms with Gasteiger partial charge in [-0.3, -0.25) is 4.79 Å². The molecule has 1 unspecified atom stereocenters. The van der Waals surface area contributed by atoms with E-state index in [4.69, 9.17) is 0 Å². The third-order valence-corrected chi connectivity index (χ3v) is 4.40. The predicted molar refractivity (Wildman–Crippen MR) is 76.5 cm³/mol. The number of aromatic nitrogens is 4. The van der Waals surface area contributed by atoms with Crippen LogP contribution in [-0.2, 0) is 4.79 Å². The second-order valence-corrected chi connectivity index (χ2v) is 6.32.